The van der Waals surface area contributed by atoms with Crippen molar-refractivity contribution in [1.82, 2.24) is 9.91 Å². The molecule has 0 amide bonds. The van der Waals surface area contributed by atoms with E-state index in [1.54, 1.807) is 18.3 Å². The van der Waals surface area contributed by atoms with Crippen LogP contribution < -0.4 is 0 Å². The second kappa shape index (κ2) is 7.49. The molecule has 1 aliphatic heterocycles. The Morgan fingerprint density at radius 3 is 2.57 bits per heavy atom. The Morgan fingerprint density at radius 2 is 1.83 bits per heavy atom. The lowest BCUT2D eigenvalue weighted by Gasteiger charge is -2.33. The van der Waals surface area contributed by atoms with Crippen LogP contribution in [0.5, 0.6) is 5.75 Å². The summed E-state index contributed by atoms with van der Waals surface area (Å²) in [6, 6.07) is 15.1. The third kappa shape index (κ3) is 4.47. The molecule has 0 unspecified atom stereocenters. The maximum atomic E-state index is 9.45. The van der Waals surface area contributed by atoms with E-state index in [1.165, 1.54) is 5.56 Å². The van der Waals surface area contributed by atoms with Gasteiger partial charge in [0.25, 0.3) is 0 Å². The molecule has 0 atom stereocenters. The van der Waals surface area contributed by atoms with E-state index in [0.29, 0.717) is 0 Å². The second-order valence-corrected chi connectivity index (χ2v) is 6.07. The Hall–Kier alpha value is -2.04. The van der Waals surface area contributed by atoms with E-state index >= 15 is 0 Å². The first-order valence-corrected chi connectivity index (χ1v) is 8.12. The van der Waals surface area contributed by atoms with Gasteiger partial charge in [0.1, 0.15) is 5.75 Å². The fraction of sp³-hybridized carbons (Fsp3) is 0.278. The summed E-state index contributed by atoms with van der Waals surface area (Å²) in [6.45, 7) is 4.58. The first-order valence-electron chi connectivity index (χ1n) is 7.74. The van der Waals surface area contributed by atoms with Crippen LogP contribution in [0.25, 0.3) is 0 Å². The molecule has 0 radical (unpaired) electrons. The lowest BCUT2D eigenvalue weighted by atomic mass is 10.2. The highest BCUT2D eigenvalue weighted by atomic mass is 35.5. The van der Waals surface area contributed by atoms with E-state index in [9.17, 15) is 5.11 Å². The zero-order valence-electron chi connectivity index (χ0n) is 12.9. The van der Waals surface area contributed by atoms with Gasteiger partial charge in [-0.3, -0.25) is 9.91 Å². The normalized spacial score (nSPS) is 16.1. The largest absolute Gasteiger partial charge is 0.508 e. The molecule has 2 aromatic carbocycles. The van der Waals surface area contributed by atoms with Crippen molar-refractivity contribution >= 4 is 17.8 Å². The van der Waals surface area contributed by atoms with Crippen LogP contribution in [0.3, 0.4) is 0 Å². The third-order valence-electron chi connectivity index (χ3n) is 3.94. The van der Waals surface area contributed by atoms with Gasteiger partial charge in [0.15, 0.2) is 0 Å². The van der Waals surface area contributed by atoms with E-state index in [4.69, 9.17) is 11.6 Å². The van der Waals surface area contributed by atoms with Crippen molar-refractivity contribution in [1.29, 1.82) is 0 Å². The quantitative estimate of drug-likeness (QED) is 0.876. The van der Waals surface area contributed by atoms with Crippen molar-refractivity contribution in [2.75, 3.05) is 26.2 Å². The number of halogens is 1. The van der Waals surface area contributed by atoms with Crippen LogP contribution in [0.1, 0.15) is 11.1 Å². The Kier molecular flexibility index (Phi) is 5.16. The van der Waals surface area contributed by atoms with Crippen molar-refractivity contribution < 1.29 is 5.11 Å². The van der Waals surface area contributed by atoms with Gasteiger partial charge in [-0.05, 0) is 29.3 Å². The average molecular weight is 330 g/mol. The molecule has 1 saturated heterocycles. The minimum Gasteiger partial charge on any atom is -0.508 e. The predicted octanol–water partition coefficient (Wildman–Crippen LogP) is 3.20. The molecule has 1 heterocycles. The van der Waals surface area contributed by atoms with Crippen molar-refractivity contribution in [3.05, 3.63) is 64.7 Å². The van der Waals surface area contributed by atoms with Crippen LogP contribution >= 0.6 is 11.6 Å². The fourth-order valence-corrected chi connectivity index (χ4v) is 2.83. The molecule has 1 N–H and O–H groups in total. The Balaban J connectivity index is 1.51. The summed E-state index contributed by atoms with van der Waals surface area (Å²) in [4.78, 5) is 2.39. The topological polar surface area (TPSA) is 39.1 Å². The summed E-state index contributed by atoms with van der Waals surface area (Å²) in [5, 5.41) is 16.8. The lowest BCUT2D eigenvalue weighted by Crippen LogP contribution is -2.43. The summed E-state index contributed by atoms with van der Waals surface area (Å²) in [7, 11) is 0. The van der Waals surface area contributed by atoms with Crippen LogP contribution in [0.4, 0.5) is 0 Å². The van der Waals surface area contributed by atoms with E-state index in [-0.39, 0.29) is 5.75 Å². The summed E-state index contributed by atoms with van der Waals surface area (Å²) in [5.74, 6) is 0.263. The first-order chi connectivity index (χ1) is 11.2. The number of phenolic OH excluding ortho intramolecular Hbond substituents is 1. The molecular formula is C18H20ClN3O. The van der Waals surface area contributed by atoms with E-state index < -0.39 is 0 Å². The molecule has 120 valence electrons. The SMILES string of the molecule is Oc1cccc(C=NN2CCN(Cc3ccccc3Cl)CC2)c1. The number of benzene rings is 2. The molecule has 0 spiro atoms. The minimum absolute atomic E-state index is 0.263. The van der Waals surface area contributed by atoms with Gasteiger partial charge < -0.3 is 5.11 Å². The van der Waals surface area contributed by atoms with Crippen molar-refractivity contribution in [2.24, 2.45) is 5.10 Å². The highest BCUT2D eigenvalue weighted by Gasteiger charge is 2.16. The highest BCUT2D eigenvalue weighted by molar-refractivity contribution is 6.31. The van der Waals surface area contributed by atoms with Crippen molar-refractivity contribution in [3.63, 3.8) is 0 Å². The number of rotatable bonds is 4. The van der Waals surface area contributed by atoms with Crippen LogP contribution in [-0.4, -0.2) is 47.4 Å². The molecule has 3 rings (SSSR count). The van der Waals surface area contributed by atoms with E-state index in [2.05, 4.69) is 21.1 Å². The summed E-state index contributed by atoms with van der Waals surface area (Å²) in [5.41, 5.74) is 2.08. The van der Waals surface area contributed by atoms with Gasteiger partial charge in [-0.1, -0.05) is 41.9 Å². The molecule has 0 aromatic heterocycles. The van der Waals surface area contributed by atoms with Gasteiger partial charge in [0, 0.05) is 37.7 Å². The molecule has 4 nitrogen and oxygen atoms in total. The Morgan fingerprint density at radius 1 is 1.04 bits per heavy atom. The number of aromatic hydroxyl groups is 1. The molecule has 0 aliphatic carbocycles. The minimum atomic E-state index is 0.263. The zero-order valence-corrected chi connectivity index (χ0v) is 13.7. The fourth-order valence-electron chi connectivity index (χ4n) is 2.63. The summed E-state index contributed by atoms with van der Waals surface area (Å²) < 4.78 is 0. The molecule has 0 bridgehead atoms. The predicted molar refractivity (Wildman–Crippen MR) is 94.0 cm³/mol. The summed E-state index contributed by atoms with van der Waals surface area (Å²) >= 11 is 6.22. The van der Waals surface area contributed by atoms with Crippen LogP contribution in [-0.2, 0) is 6.54 Å². The monoisotopic (exact) mass is 329 g/mol. The van der Waals surface area contributed by atoms with E-state index in [0.717, 1.165) is 43.3 Å². The Bertz CT molecular complexity index is 681. The van der Waals surface area contributed by atoms with Crippen LogP contribution in [0, 0.1) is 0 Å². The number of nitrogens with zero attached hydrogens (tertiary/aromatic N) is 3. The van der Waals surface area contributed by atoms with Gasteiger partial charge in [-0.25, -0.2) is 0 Å². The second-order valence-electron chi connectivity index (χ2n) is 5.66. The lowest BCUT2D eigenvalue weighted by molar-refractivity contribution is 0.131. The Labute approximate surface area is 141 Å². The van der Waals surface area contributed by atoms with Crippen LogP contribution in [0.2, 0.25) is 5.02 Å². The molecular weight excluding hydrogens is 310 g/mol. The highest BCUT2D eigenvalue weighted by Crippen LogP contribution is 2.18. The molecule has 5 heteroatoms. The third-order valence-corrected chi connectivity index (χ3v) is 4.31. The van der Waals surface area contributed by atoms with Gasteiger partial charge in [0.2, 0.25) is 0 Å². The van der Waals surface area contributed by atoms with Gasteiger partial charge in [-0.15, -0.1) is 0 Å². The zero-order chi connectivity index (χ0) is 16.1. The maximum Gasteiger partial charge on any atom is 0.116 e. The smallest absolute Gasteiger partial charge is 0.116 e. The van der Waals surface area contributed by atoms with E-state index in [1.807, 2.05) is 30.3 Å². The molecule has 0 saturated carbocycles. The van der Waals surface area contributed by atoms with Crippen molar-refractivity contribution in [3.8, 4) is 5.75 Å². The number of piperazine rings is 1. The molecule has 23 heavy (non-hydrogen) atoms. The van der Waals surface area contributed by atoms with Crippen molar-refractivity contribution in [2.45, 2.75) is 6.54 Å². The standard InChI is InChI=1S/C18H20ClN3O/c19-18-7-2-1-5-16(18)14-21-8-10-22(11-9-21)20-13-15-4-3-6-17(23)12-15/h1-7,12-13,23H,8-11,14H2. The van der Waals surface area contributed by atoms with Gasteiger partial charge in [0.05, 0.1) is 6.21 Å². The van der Waals surface area contributed by atoms with Gasteiger partial charge >= 0.3 is 0 Å². The number of hydrazone groups is 1. The summed E-state index contributed by atoms with van der Waals surface area (Å²) in [6.07, 6.45) is 1.80. The number of hydrogen-bond acceptors (Lipinski definition) is 4. The molecule has 1 fully saturated rings. The number of phenols is 1. The molecule has 2 aromatic rings. The number of hydrogen-bond donors (Lipinski definition) is 1. The first kappa shape index (κ1) is 15.8. The van der Waals surface area contributed by atoms with Crippen LogP contribution in [0.15, 0.2) is 53.6 Å². The average Bonchev–Trinajstić information content (AvgIpc) is 2.56. The maximum absolute atomic E-state index is 9.45. The van der Waals surface area contributed by atoms with Gasteiger partial charge in [-0.2, -0.15) is 5.10 Å². The molecule has 1 aliphatic rings.